The molecule has 6 N–H and O–H groups in total. The third-order valence-corrected chi connectivity index (χ3v) is 22.0. The smallest absolute Gasteiger partial charge is 0.407 e. The minimum absolute atomic E-state index is 0.0788. The molecular formula is C85H112BrCl2N13O14S5. The number of halogens is 3. The molecule has 652 valence electrons. The zero-order chi connectivity index (χ0) is 87.7. The first-order chi connectivity index (χ1) is 57.7. The lowest BCUT2D eigenvalue weighted by Crippen LogP contribution is -2.31. The number of fused-ring (bicyclic) bond motifs is 5. The minimum Gasteiger partial charge on any atom is -0.465 e. The summed E-state index contributed by atoms with van der Waals surface area (Å²) >= 11 is 22.0. The van der Waals surface area contributed by atoms with Crippen LogP contribution in [0.3, 0.4) is 0 Å². The average Bonchev–Trinajstić information content (AvgIpc) is 1.68. The molecule has 0 aliphatic carbocycles. The van der Waals surface area contributed by atoms with Crippen LogP contribution in [0.1, 0.15) is 113 Å². The molecule has 0 radical (unpaired) electrons. The number of thiazole rings is 5. The fourth-order valence-electron chi connectivity index (χ4n) is 10.3. The van der Waals surface area contributed by atoms with E-state index < -0.39 is 29.2 Å². The number of amides is 1. The van der Waals surface area contributed by atoms with Gasteiger partial charge in [-0.3, -0.25) is 9.59 Å². The van der Waals surface area contributed by atoms with Crippen molar-refractivity contribution in [2.24, 2.45) is 5.73 Å². The Bertz CT molecular complexity index is 4830. The van der Waals surface area contributed by atoms with E-state index in [9.17, 15) is 24.4 Å². The van der Waals surface area contributed by atoms with Gasteiger partial charge in [-0.25, -0.2) is 39.4 Å². The highest BCUT2D eigenvalue weighted by Crippen LogP contribution is 2.32. The first-order valence-corrected chi connectivity index (χ1v) is 45.1. The van der Waals surface area contributed by atoms with Crippen LogP contribution in [-0.2, 0) is 42.7 Å². The normalized spacial score (nSPS) is 11.3. The number of nitrogens with two attached hydrogens (primary N) is 1. The second kappa shape index (κ2) is 57.2. The molecule has 0 saturated heterocycles. The molecule has 5 aromatic carbocycles. The molecule has 1 amide bonds. The van der Waals surface area contributed by atoms with Crippen molar-refractivity contribution in [3.63, 3.8) is 0 Å². The number of nitrogens with one attached hydrogen (secondary N) is 1. The number of benzene rings is 5. The van der Waals surface area contributed by atoms with E-state index in [1.54, 1.807) is 64.2 Å². The van der Waals surface area contributed by atoms with Gasteiger partial charge in [0.05, 0.1) is 135 Å². The molecule has 10 rings (SSSR count). The third kappa shape index (κ3) is 39.8. The molecule has 0 atom stereocenters. The molecule has 0 fully saturated rings. The number of ether oxygens (including phenoxy) is 7. The standard InChI is InChI=1S/C29H41ClN4O6S.C18H21N3O3S.C11H12N2O2S.C10H22ClNO2.C10H12N2OS.C7H4BrNS/c1-29(2,3)40-27(35)22(21-31)19-26-33-24-10-9-23(20-25(24)41-26)34(4)13-16-39-28(36)32-12-15-38-18-17-37-14-8-6-5-7-11-30;1-18(2,3)24-17(23)14(19-4)11-16-20-13-7-6-12(10-15(13)25-16)21(5)8-9-22;1-13(4-5-14)8-2-3-9-10(6-8)16-11(7-15)12-9;11-5-3-1-2-4-7-13-9-10-14-8-6-12;1-12(4-5-13)8-2-3-9-10(6-8)14-7-11-9;8-5-1-2-6-7(3-5)10-4-9-6/h9-10,19-20H,5-8,11-18H2,1-4H3,(H,32,36);6-7,10-11,22H,8-9H2,1-3,5H3;2-3,6-7,14H,4-5H2,1H3;1-10,12H2;2-3,6-7,13H,4-5H2,1H3;1-4H/b22-19+;14-11-;;;;. The number of hydrogen-bond donors (Lipinski definition) is 5. The number of likely N-dealkylation sites (N-methyl/N-ethyl adjacent to an activating group) is 4. The quantitative estimate of drug-likeness (QED) is 0.00347. The van der Waals surface area contributed by atoms with Crippen molar-refractivity contribution >= 4 is 206 Å². The van der Waals surface area contributed by atoms with Crippen LogP contribution in [-0.4, -0.2) is 234 Å². The number of rotatable bonds is 41. The number of anilines is 4. The van der Waals surface area contributed by atoms with Crippen molar-refractivity contribution in [2.75, 3.05) is 178 Å². The molecule has 0 unspecified atom stereocenters. The van der Waals surface area contributed by atoms with Crippen molar-refractivity contribution in [3.8, 4) is 6.07 Å². The van der Waals surface area contributed by atoms with E-state index in [4.69, 9.17) is 84.0 Å². The molecule has 0 aliphatic rings. The van der Waals surface area contributed by atoms with Gasteiger partial charge in [0.2, 0.25) is 0 Å². The Morgan fingerprint density at radius 2 is 0.933 bits per heavy atom. The van der Waals surface area contributed by atoms with Crippen molar-refractivity contribution < 1.29 is 67.7 Å². The van der Waals surface area contributed by atoms with Gasteiger partial charge in [-0.05, 0) is 170 Å². The maximum atomic E-state index is 12.3. The van der Waals surface area contributed by atoms with Crippen LogP contribution >= 0.6 is 95.8 Å². The lowest BCUT2D eigenvalue weighted by atomic mass is 10.2. The number of nitrogens with zero attached hydrogens (tertiary/aromatic N) is 11. The van der Waals surface area contributed by atoms with Crippen molar-refractivity contribution in [1.82, 2.24) is 30.2 Å². The van der Waals surface area contributed by atoms with E-state index in [0.717, 1.165) is 133 Å². The van der Waals surface area contributed by atoms with Gasteiger partial charge in [0.1, 0.15) is 39.5 Å². The molecule has 120 heavy (non-hydrogen) atoms. The molecule has 0 saturated carbocycles. The summed E-state index contributed by atoms with van der Waals surface area (Å²) in [6.45, 7) is 26.4. The maximum Gasteiger partial charge on any atom is 0.407 e. The highest BCUT2D eigenvalue weighted by atomic mass is 79.9. The molecule has 0 bridgehead atoms. The lowest BCUT2D eigenvalue weighted by Gasteiger charge is -2.19. The summed E-state index contributed by atoms with van der Waals surface area (Å²) in [5.41, 5.74) is 16.0. The molecule has 5 heterocycles. The largest absolute Gasteiger partial charge is 0.465 e. The number of aliphatic hydroxyl groups excluding tert-OH is 3. The Morgan fingerprint density at radius 1 is 0.533 bits per heavy atom. The van der Waals surface area contributed by atoms with Gasteiger partial charge in [0, 0.05) is 113 Å². The Labute approximate surface area is 741 Å². The van der Waals surface area contributed by atoms with Gasteiger partial charge in [0.25, 0.3) is 5.70 Å². The molecule has 5 aromatic heterocycles. The van der Waals surface area contributed by atoms with Crippen LogP contribution in [0.15, 0.2) is 118 Å². The fourth-order valence-corrected chi connectivity index (χ4v) is 15.3. The summed E-state index contributed by atoms with van der Waals surface area (Å²) in [6, 6.07) is 31.5. The maximum absolute atomic E-state index is 12.3. The molecule has 35 heteroatoms. The molecule has 0 aliphatic heterocycles. The van der Waals surface area contributed by atoms with E-state index in [1.165, 1.54) is 68.4 Å². The monoisotopic (exact) mass is 1850 g/mol. The lowest BCUT2D eigenvalue weighted by molar-refractivity contribution is -0.150. The van der Waals surface area contributed by atoms with E-state index in [2.05, 4.69) is 63.1 Å². The van der Waals surface area contributed by atoms with Gasteiger partial charge in [0.15, 0.2) is 11.3 Å². The number of alkyl halides is 2. The van der Waals surface area contributed by atoms with E-state index in [-0.39, 0.29) is 37.7 Å². The number of nitriles is 1. The van der Waals surface area contributed by atoms with Crippen LogP contribution in [0.4, 0.5) is 27.5 Å². The second-order valence-electron chi connectivity index (χ2n) is 28.4. The number of hydrogen-bond acceptors (Lipinski definition) is 30. The summed E-state index contributed by atoms with van der Waals surface area (Å²) in [6.07, 6.45) is 12.1. The molecular weight excluding hydrogens is 1740 g/mol. The summed E-state index contributed by atoms with van der Waals surface area (Å²) in [5, 5.41) is 40.4. The van der Waals surface area contributed by atoms with Crippen LogP contribution in [0.25, 0.3) is 68.1 Å². The van der Waals surface area contributed by atoms with Crippen molar-refractivity contribution in [2.45, 2.75) is 104 Å². The number of unbranched alkanes of at least 4 members (excludes halogenated alkanes) is 6. The summed E-state index contributed by atoms with van der Waals surface area (Å²) in [4.78, 5) is 79.5. The second-order valence-corrected chi connectivity index (χ2v) is 35.0. The minimum atomic E-state index is -0.696. The molecule has 27 nitrogen and oxygen atoms in total. The SMILES string of the molecule is Brc1ccc2ncsc2c1.CN(CCO)c1ccc2nc(C=O)sc2c1.CN(CCO)c1ccc2ncsc2c1.CN(CCOC(=O)NCCOCCOCCCCCCCl)c1ccc2nc(/C=C(\C#N)C(=O)OC(C)(C)C)sc2c1.NCCOCCOCCCCCCCl.[C-]#[N+]/C(=C\c1nc2ccc(N(C)CCO)cc2s1)C(=O)OC(C)(C)C. The third-order valence-electron chi connectivity index (χ3n) is 16.5. The number of aliphatic hydroxyl groups is 3. The number of aldehydes is 1. The molecule has 10 aromatic rings. The number of esters is 2. The first kappa shape index (κ1) is 102. The predicted octanol–water partition coefficient (Wildman–Crippen LogP) is 17.0. The van der Waals surface area contributed by atoms with Gasteiger partial charge < -0.3 is 79.1 Å². The summed E-state index contributed by atoms with van der Waals surface area (Å²) < 4.78 is 43.7. The zero-order valence-electron chi connectivity index (χ0n) is 69.9. The van der Waals surface area contributed by atoms with Gasteiger partial charge in [-0.1, -0.05) is 41.6 Å². The van der Waals surface area contributed by atoms with Gasteiger partial charge in [-0.2, -0.15) is 5.26 Å². The van der Waals surface area contributed by atoms with Crippen molar-refractivity contribution in [3.05, 3.63) is 144 Å². The van der Waals surface area contributed by atoms with Crippen LogP contribution in [0.2, 0.25) is 0 Å². The summed E-state index contributed by atoms with van der Waals surface area (Å²) in [5.74, 6) is 0.158. The first-order valence-electron chi connectivity index (χ1n) is 39.1. The van der Waals surface area contributed by atoms with E-state index in [0.29, 0.717) is 99.8 Å². The summed E-state index contributed by atoms with van der Waals surface area (Å²) in [7, 11) is 7.69. The Kier molecular flexibility index (Phi) is 48.8. The number of alkyl carbamates (subject to hydrolysis) is 1. The van der Waals surface area contributed by atoms with E-state index >= 15 is 0 Å². The highest BCUT2D eigenvalue weighted by Gasteiger charge is 2.23. The number of carbonyl (C=O) groups is 4. The van der Waals surface area contributed by atoms with Crippen molar-refractivity contribution in [1.29, 1.82) is 5.26 Å². The topological polar surface area (TPSA) is 337 Å². The Morgan fingerprint density at radius 3 is 1.38 bits per heavy atom. The zero-order valence-corrected chi connectivity index (χ0v) is 77.0. The van der Waals surface area contributed by atoms with Crippen LogP contribution in [0, 0.1) is 17.9 Å². The van der Waals surface area contributed by atoms with Crippen LogP contribution < -0.4 is 30.7 Å². The Balaban J connectivity index is 0.000000275. The van der Waals surface area contributed by atoms with Gasteiger partial charge >= 0.3 is 18.0 Å². The number of carbonyl (C=O) groups excluding carboxylic acids is 4. The van der Waals surface area contributed by atoms with Crippen LogP contribution in [0.5, 0.6) is 0 Å². The number of aromatic nitrogens is 5. The molecule has 0 spiro atoms. The van der Waals surface area contributed by atoms with E-state index in [1.807, 2.05) is 144 Å². The fraction of sp³-hybridized carbons (Fsp3) is 0.471. The highest BCUT2D eigenvalue weighted by molar-refractivity contribution is 9.10. The Hall–Kier alpha value is -8.17. The van der Waals surface area contributed by atoms with Gasteiger partial charge in [-0.15, -0.1) is 79.9 Å². The average molecular weight is 1850 g/mol. The predicted molar refractivity (Wildman–Crippen MR) is 495 cm³/mol.